The summed E-state index contributed by atoms with van der Waals surface area (Å²) in [5.74, 6) is 0.816. The van der Waals surface area contributed by atoms with Gasteiger partial charge in [-0.05, 0) is 30.2 Å². The standard InChI is InChI=1S/C18H17NO4S/c20-18-14-6-2-4-8-17(14)24(21,22)19-15(18)10-12-9-13-5-1-3-7-16(13)23-11-12/h1-9,15,18-20H,10-11H2/t15-,18+/m1/s1. The Labute approximate surface area is 140 Å². The molecule has 2 atom stereocenters. The molecule has 0 spiro atoms. The molecule has 0 amide bonds. The Morgan fingerprint density at radius 2 is 1.88 bits per heavy atom. The molecular weight excluding hydrogens is 326 g/mol. The smallest absolute Gasteiger partial charge is 0.241 e. The van der Waals surface area contributed by atoms with Gasteiger partial charge in [0.1, 0.15) is 12.4 Å². The maximum atomic E-state index is 12.4. The molecule has 0 saturated heterocycles. The lowest BCUT2D eigenvalue weighted by Gasteiger charge is -2.32. The van der Waals surface area contributed by atoms with Gasteiger partial charge < -0.3 is 9.84 Å². The number of para-hydroxylation sites is 1. The zero-order chi connectivity index (χ0) is 16.7. The van der Waals surface area contributed by atoms with Crippen LogP contribution in [0, 0.1) is 0 Å². The van der Waals surface area contributed by atoms with E-state index in [2.05, 4.69) is 4.72 Å². The van der Waals surface area contributed by atoms with E-state index in [-0.39, 0.29) is 4.90 Å². The number of aliphatic hydroxyl groups is 1. The molecule has 24 heavy (non-hydrogen) atoms. The van der Waals surface area contributed by atoms with E-state index < -0.39 is 22.2 Å². The van der Waals surface area contributed by atoms with Crippen molar-refractivity contribution >= 4 is 16.1 Å². The zero-order valence-electron chi connectivity index (χ0n) is 12.8. The third kappa shape index (κ3) is 2.62. The van der Waals surface area contributed by atoms with Gasteiger partial charge in [0.2, 0.25) is 10.0 Å². The van der Waals surface area contributed by atoms with Gasteiger partial charge in [0.15, 0.2) is 0 Å². The van der Waals surface area contributed by atoms with E-state index in [1.807, 2.05) is 30.3 Å². The summed E-state index contributed by atoms with van der Waals surface area (Å²) < 4.78 is 33.1. The zero-order valence-corrected chi connectivity index (χ0v) is 13.7. The van der Waals surface area contributed by atoms with Gasteiger partial charge in [-0.25, -0.2) is 13.1 Å². The van der Waals surface area contributed by atoms with Crippen molar-refractivity contribution in [3.05, 3.63) is 65.2 Å². The highest BCUT2D eigenvalue weighted by Crippen LogP contribution is 2.34. The van der Waals surface area contributed by atoms with Crippen LogP contribution in [0.15, 0.2) is 59.0 Å². The molecule has 2 aliphatic heterocycles. The summed E-state index contributed by atoms with van der Waals surface area (Å²) in [5, 5.41) is 10.6. The fourth-order valence-corrected chi connectivity index (χ4v) is 4.73. The van der Waals surface area contributed by atoms with E-state index in [0.717, 1.165) is 16.9 Å². The SMILES string of the molecule is O=S1(=O)N[C@H](CC2=Cc3ccccc3OC2)[C@@H](O)c2ccccc21. The van der Waals surface area contributed by atoms with Crippen LogP contribution in [0.25, 0.3) is 6.08 Å². The van der Waals surface area contributed by atoms with Gasteiger partial charge in [-0.3, -0.25) is 0 Å². The fourth-order valence-electron chi connectivity index (χ4n) is 3.23. The van der Waals surface area contributed by atoms with Gasteiger partial charge in [-0.1, -0.05) is 36.4 Å². The average molecular weight is 343 g/mol. The Hall–Kier alpha value is -2.15. The van der Waals surface area contributed by atoms with E-state index in [1.165, 1.54) is 6.07 Å². The van der Waals surface area contributed by atoms with Crippen LogP contribution in [0.3, 0.4) is 0 Å². The molecule has 2 aromatic carbocycles. The van der Waals surface area contributed by atoms with Crippen LogP contribution in [0.5, 0.6) is 5.75 Å². The second-order valence-electron chi connectivity index (χ2n) is 6.04. The first-order valence-electron chi connectivity index (χ1n) is 7.75. The second-order valence-corrected chi connectivity index (χ2v) is 7.73. The van der Waals surface area contributed by atoms with E-state index in [1.54, 1.807) is 18.2 Å². The van der Waals surface area contributed by atoms with Crippen LogP contribution >= 0.6 is 0 Å². The fraction of sp³-hybridized carbons (Fsp3) is 0.222. The Kier molecular flexibility index (Phi) is 3.68. The molecule has 0 aliphatic carbocycles. The monoisotopic (exact) mass is 343 g/mol. The van der Waals surface area contributed by atoms with Crippen molar-refractivity contribution in [2.75, 3.05) is 6.61 Å². The van der Waals surface area contributed by atoms with Gasteiger partial charge in [0, 0.05) is 11.1 Å². The Morgan fingerprint density at radius 1 is 1.12 bits per heavy atom. The minimum Gasteiger partial charge on any atom is -0.489 e. The molecule has 0 aromatic heterocycles. The number of fused-ring (bicyclic) bond motifs is 2. The third-order valence-corrected chi connectivity index (χ3v) is 5.95. The minimum absolute atomic E-state index is 0.146. The van der Waals surface area contributed by atoms with Crippen molar-refractivity contribution in [2.45, 2.75) is 23.5 Å². The van der Waals surface area contributed by atoms with Crippen LogP contribution in [-0.4, -0.2) is 26.2 Å². The number of benzene rings is 2. The summed E-state index contributed by atoms with van der Waals surface area (Å²) >= 11 is 0. The highest BCUT2D eigenvalue weighted by molar-refractivity contribution is 7.89. The summed E-state index contributed by atoms with van der Waals surface area (Å²) in [5.41, 5.74) is 2.35. The molecule has 0 radical (unpaired) electrons. The van der Waals surface area contributed by atoms with E-state index >= 15 is 0 Å². The first-order chi connectivity index (χ1) is 11.5. The number of hydrogen-bond acceptors (Lipinski definition) is 4. The van der Waals surface area contributed by atoms with Crippen LogP contribution < -0.4 is 9.46 Å². The van der Waals surface area contributed by atoms with Crippen molar-refractivity contribution in [1.82, 2.24) is 4.72 Å². The van der Waals surface area contributed by atoms with Gasteiger partial charge >= 0.3 is 0 Å². The molecule has 5 nitrogen and oxygen atoms in total. The van der Waals surface area contributed by atoms with Crippen LogP contribution in [0.4, 0.5) is 0 Å². The Balaban J connectivity index is 1.64. The molecule has 124 valence electrons. The summed E-state index contributed by atoms with van der Waals surface area (Å²) in [4.78, 5) is 0.146. The third-order valence-electron chi connectivity index (χ3n) is 4.39. The molecule has 2 aromatic rings. The summed E-state index contributed by atoms with van der Waals surface area (Å²) in [7, 11) is -3.61. The number of ether oxygens (including phenoxy) is 1. The van der Waals surface area contributed by atoms with E-state index in [4.69, 9.17) is 4.74 Å². The summed E-state index contributed by atoms with van der Waals surface area (Å²) in [6.45, 7) is 0.392. The van der Waals surface area contributed by atoms with Gasteiger partial charge in [0.25, 0.3) is 0 Å². The largest absolute Gasteiger partial charge is 0.489 e. The molecular formula is C18H17NO4S. The van der Waals surface area contributed by atoms with Crippen molar-refractivity contribution in [3.8, 4) is 5.75 Å². The Morgan fingerprint density at radius 3 is 2.75 bits per heavy atom. The molecule has 2 aliphatic rings. The minimum atomic E-state index is -3.61. The molecule has 0 fully saturated rings. The van der Waals surface area contributed by atoms with E-state index in [0.29, 0.717) is 18.6 Å². The molecule has 6 heteroatoms. The van der Waals surface area contributed by atoms with Crippen molar-refractivity contribution in [2.24, 2.45) is 0 Å². The van der Waals surface area contributed by atoms with Crippen molar-refractivity contribution < 1.29 is 18.3 Å². The normalized spacial score (nSPS) is 24.3. The molecule has 0 saturated carbocycles. The quantitative estimate of drug-likeness (QED) is 0.877. The average Bonchev–Trinajstić information content (AvgIpc) is 2.59. The summed E-state index contributed by atoms with van der Waals surface area (Å²) in [6.07, 6.45) is 1.51. The lowest BCUT2D eigenvalue weighted by Crippen LogP contribution is -2.44. The predicted octanol–water partition coefficient (Wildman–Crippen LogP) is 2.25. The van der Waals surface area contributed by atoms with Crippen LogP contribution in [-0.2, 0) is 10.0 Å². The number of hydrogen-bond donors (Lipinski definition) is 2. The van der Waals surface area contributed by atoms with Crippen LogP contribution in [0.1, 0.15) is 23.7 Å². The highest BCUT2D eigenvalue weighted by Gasteiger charge is 2.36. The summed E-state index contributed by atoms with van der Waals surface area (Å²) in [6, 6.07) is 13.6. The van der Waals surface area contributed by atoms with E-state index in [9.17, 15) is 13.5 Å². The lowest BCUT2D eigenvalue weighted by molar-refractivity contribution is 0.130. The molecule has 4 rings (SSSR count). The van der Waals surface area contributed by atoms with Gasteiger partial charge in [-0.15, -0.1) is 0 Å². The number of rotatable bonds is 2. The topological polar surface area (TPSA) is 75.6 Å². The van der Waals surface area contributed by atoms with Crippen molar-refractivity contribution in [1.29, 1.82) is 0 Å². The predicted molar refractivity (Wildman–Crippen MR) is 90.0 cm³/mol. The maximum absolute atomic E-state index is 12.4. The molecule has 0 bridgehead atoms. The number of sulfonamides is 1. The highest BCUT2D eigenvalue weighted by atomic mass is 32.2. The Bertz CT molecular complexity index is 920. The number of nitrogens with one attached hydrogen (secondary N) is 1. The first kappa shape index (κ1) is 15.4. The van der Waals surface area contributed by atoms with Crippen molar-refractivity contribution in [3.63, 3.8) is 0 Å². The van der Waals surface area contributed by atoms with Gasteiger partial charge in [0.05, 0.1) is 17.0 Å². The molecule has 2 N–H and O–H groups in total. The van der Waals surface area contributed by atoms with Gasteiger partial charge in [-0.2, -0.15) is 0 Å². The first-order valence-corrected chi connectivity index (χ1v) is 9.23. The molecule has 0 unspecified atom stereocenters. The van der Waals surface area contributed by atoms with Crippen LogP contribution in [0.2, 0.25) is 0 Å². The number of aliphatic hydroxyl groups excluding tert-OH is 1. The second kappa shape index (κ2) is 5.73. The lowest BCUT2D eigenvalue weighted by atomic mass is 9.95. The maximum Gasteiger partial charge on any atom is 0.241 e. The molecule has 2 heterocycles.